The molecular formula is C12H12FN3O2. The third-order valence-corrected chi connectivity index (χ3v) is 2.56. The molecule has 0 fully saturated rings. The second-order valence-corrected chi connectivity index (χ2v) is 3.99. The molecule has 0 aliphatic carbocycles. The molecule has 0 saturated heterocycles. The minimum atomic E-state index is -0.417. The molecule has 0 saturated carbocycles. The number of hydrogen-bond acceptors (Lipinski definition) is 3. The van der Waals surface area contributed by atoms with Gasteiger partial charge in [0.15, 0.2) is 5.78 Å². The molecule has 5 nitrogen and oxygen atoms in total. The number of carbonyl (C=O) groups excluding carboxylic acids is 1. The quantitative estimate of drug-likeness (QED) is 0.794. The molecule has 0 amide bonds. The van der Waals surface area contributed by atoms with Crippen molar-refractivity contribution in [2.75, 3.05) is 0 Å². The van der Waals surface area contributed by atoms with E-state index in [-0.39, 0.29) is 24.4 Å². The van der Waals surface area contributed by atoms with Crippen molar-refractivity contribution in [2.45, 2.75) is 13.0 Å². The number of Topliss-reactive ketones (excluding diaryl/α,β-unsaturated/α-hetero) is 1. The Morgan fingerprint density at radius 3 is 2.72 bits per heavy atom. The molecule has 1 aromatic heterocycles. The fraction of sp³-hybridized carbons (Fsp3) is 0.250. The average Bonchev–Trinajstić information content (AvgIpc) is 2.64. The zero-order valence-electron chi connectivity index (χ0n) is 9.84. The topological polar surface area (TPSA) is 56.9 Å². The van der Waals surface area contributed by atoms with Gasteiger partial charge in [0, 0.05) is 13.5 Å². The second-order valence-electron chi connectivity index (χ2n) is 3.99. The molecule has 1 heterocycles. The van der Waals surface area contributed by atoms with Crippen molar-refractivity contribution in [3.63, 3.8) is 0 Å². The van der Waals surface area contributed by atoms with E-state index in [1.807, 2.05) is 0 Å². The van der Waals surface area contributed by atoms with Crippen LogP contribution in [0, 0.1) is 5.82 Å². The first-order chi connectivity index (χ1) is 8.58. The number of aryl methyl sites for hydroxylation is 1. The summed E-state index contributed by atoms with van der Waals surface area (Å²) in [6.45, 7) is -0.145. The average molecular weight is 249 g/mol. The van der Waals surface area contributed by atoms with E-state index in [1.54, 1.807) is 25.2 Å². The molecule has 0 radical (unpaired) electrons. The van der Waals surface area contributed by atoms with Gasteiger partial charge in [0.25, 0.3) is 0 Å². The first-order valence-corrected chi connectivity index (χ1v) is 5.41. The fourth-order valence-electron chi connectivity index (χ4n) is 1.61. The summed E-state index contributed by atoms with van der Waals surface area (Å²) in [5.41, 5.74) is -0.0386. The van der Waals surface area contributed by atoms with Gasteiger partial charge in [0.05, 0.1) is 0 Å². The summed E-state index contributed by atoms with van der Waals surface area (Å²) < 4.78 is 15.7. The minimum Gasteiger partial charge on any atom is -0.297 e. The fourth-order valence-corrected chi connectivity index (χ4v) is 1.61. The van der Waals surface area contributed by atoms with Crippen LogP contribution in [0.25, 0.3) is 0 Å². The van der Waals surface area contributed by atoms with Gasteiger partial charge in [-0.15, -0.1) is 0 Å². The summed E-state index contributed by atoms with van der Waals surface area (Å²) in [6.07, 6.45) is 1.29. The van der Waals surface area contributed by atoms with E-state index in [0.29, 0.717) is 5.56 Å². The van der Waals surface area contributed by atoms with Gasteiger partial charge < -0.3 is 0 Å². The third-order valence-electron chi connectivity index (χ3n) is 2.56. The van der Waals surface area contributed by atoms with E-state index in [4.69, 9.17) is 0 Å². The lowest BCUT2D eigenvalue weighted by Crippen LogP contribution is -2.27. The normalized spacial score (nSPS) is 10.6. The predicted octanol–water partition coefficient (Wildman–Crippen LogP) is 0.533. The Balaban J connectivity index is 2.08. The standard InChI is InChI=1S/C12H12FN3O2/c1-15-8-14-16(12(15)18)7-10(17)6-9-4-2-3-5-11(9)13/h2-5,8H,6-7H2,1H3. The number of benzene rings is 1. The summed E-state index contributed by atoms with van der Waals surface area (Å²) in [6, 6.07) is 6.08. The molecular weight excluding hydrogens is 237 g/mol. The number of nitrogens with zero attached hydrogens (tertiary/aromatic N) is 3. The van der Waals surface area contributed by atoms with Crippen LogP contribution < -0.4 is 5.69 Å². The summed E-state index contributed by atoms with van der Waals surface area (Å²) in [5, 5.41) is 3.77. The van der Waals surface area contributed by atoms with Gasteiger partial charge in [-0.25, -0.2) is 13.9 Å². The maximum absolute atomic E-state index is 13.3. The lowest BCUT2D eigenvalue weighted by atomic mass is 10.1. The van der Waals surface area contributed by atoms with Crippen LogP contribution in [0.3, 0.4) is 0 Å². The van der Waals surface area contributed by atoms with Crippen LogP contribution in [0.4, 0.5) is 4.39 Å². The number of rotatable bonds is 4. The molecule has 0 aliphatic rings. The molecule has 6 heteroatoms. The molecule has 18 heavy (non-hydrogen) atoms. The summed E-state index contributed by atoms with van der Waals surface area (Å²) >= 11 is 0. The van der Waals surface area contributed by atoms with Crippen LogP contribution in [-0.4, -0.2) is 20.1 Å². The Labute approximate surface area is 102 Å². The monoisotopic (exact) mass is 249 g/mol. The highest BCUT2D eigenvalue weighted by Crippen LogP contribution is 2.07. The molecule has 0 spiro atoms. The highest BCUT2D eigenvalue weighted by atomic mass is 19.1. The van der Waals surface area contributed by atoms with Crippen molar-refractivity contribution in [3.8, 4) is 0 Å². The Morgan fingerprint density at radius 2 is 2.11 bits per heavy atom. The molecule has 2 aromatic rings. The van der Waals surface area contributed by atoms with Crippen LogP contribution >= 0.6 is 0 Å². The van der Waals surface area contributed by atoms with Crippen LogP contribution in [0.2, 0.25) is 0 Å². The molecule has 2 rings (SSSR count). The lowest BCUT2D eigenvalue weighted by Gasteiger charge is -2.02. The van der Waals surface area contributed by atoms with E-state index in [1.165, 1.54) is 17.0 Å². The van der Waals surface area contributed by atoms with E-state index in [9.17, 15) is 14.0 Å². The largest absolute Gasteiger partial charge is 0.345 e. The highest BCUT2D eigenvalue weighted by molar-refractivity contribution is 5.80. The van der Waals surface area contributed by atoms with Gasteiger partial charge in [0.1, 0.15) is 18.7 Å². The van der Waals surface area contributed by atoms with Crippen LogP contribution in [-0.2, 0) is 24.8 Å². The first kappa shape index (κ1) is 12.2. The first-order valence-electron chi connectivity index (χ1n) is 5.41. The smallest absolute Gasteiger partial charge is 0.297 e. The van der Waals surface area contributed by atoms with Gasteiger partial charge in [-0.1, -0.05) is 18.2 Å². The van der Waals surface area contributed by atoms with Crippen molar-refractivity contribution in [2.24, 2.45) is 7.05 Å². The van der Waals surface area contributed by atoms with Gasteiger partial charge >= 0.3 is 5.69 Å². The lowest BCUT2D eigenvalue weighted by molar-refractivity contribution is -0.119. The molecule has 0 atom stereocenters. The Bertz CT molecular complexity index is 630. The number of halogens is 1. The van der Waals surface area contributed by atoms with Crippen molar-refractivity contribution in [3.05, 3.63) is 52.5 Å². The third kappa shape index (κ3) is 2.53. The maximum atomic E-state index is 13.3. The van der Waals surface area contributed by atoms with Crippen LogP contribution in [0.15, 0.2) is 35.4 Å². The van der Waals surface area contributed by atoms with Gasteiger partial charge in [-0.3, -0.25) is 9.36 Å². The zero-order valence-corrected chi connectivity index (χ0v) is 9.84. The molecule has 0 bridgehead atoms. The van der Waals surface area contributed by atoms with E-state index < -0.39 is 5.82 Å². The molecule has 0 unspecified atom stereocenters. The minimum absolute atomic E-state index is 0.0459. The molecule has 0 aliphatic heterocycles. The number of carbonyl (C=O) groups is 1. The predicted molar refractivity (Wildman–Crippen MR) is 62.6 cm³/mol. The second kappa shape index (κ2) is 4.95. The van der Waals surface area contributed by atoms with Crippen molar-refractivity contribution in [1.29, 1.82) is 0 Å². The van der Waals surface area contributed by atoms with E-state index in [2.05, 4.69) is 5.10 Å². The van der Waals surface area contributed by atoms with Crippen molar-refractivity contribution >= 4 is 5.78 Å². The molecule has 1 aromatic carbocycles. The maximum Gasteiger partial charge on any atom is 0.345 e. The summed E-state index contributed by atoms with van der Waals surface area (Å²) in [4.78, 5) is 23.2. The number of ketones is 1. The highest BCUT2D eigenvalue weighted by Gasteiger charge is 2.11. The van der Waals surface area contributed by atoms with Gasteiger partial charge in [-0.05, 0) is 11.6 Å². The van der Waals surface area contributed by atoms with Gasteiger partial charge in [0.2, 0.25) is 0 Å². The Kier molecular flexibility index (Phi) is 3.36. The van der Waals surface area contributed by atoms with E-state index >= 15 is 0 Å². The molecule has 0 N–H and O–H groups in total. The van der Waals surface area contributed by atoms with Crippen molar-refractivity contribution in [1.82, 2.24) is 14.3 Å². The van der Waals surface area contributed by atoms with Crippen LogP contribution in [0.1, 0.15) is 5.56 Å². The zero-order chi connectivity index (χ0) is 13.1. The number of hydrogen-bond donors (Lipinski definition) is 0. The number of aromatic nitrogens is 3. The Morgan fingerprint density at radius 1 is 1.39 bits per heavy atom. The van der Waals surface area contributed by atoms with Gasteiger partial charge in [-0.2, -0.15) is 5.10 Å². The van der Waals surface area contributed by atoms with E-state index in [0.717, 1.165) is 4.68 Å². The Hall–Kier alpha value is -2.24. The van der Waals surface area contributed by atoms with Crippen molar-refractivity contribution < 1.29 is 9.18 Å². The summed E-state index contributed by atoms with van der Waals surface area (Å²) in [5.74, 6) is -0.680. The summed E-state index contributed by atoms with van der Waals surface area (Å²) in [7, 11) is 1.55. The van der Waals surface area contributed by atoms with Crippen LogP contribution in [0.5, 0.6) is 0 Å². The molecule has 94 valence electrons. The SMILES string of the molecule is Cn1cnn(CC(=O)Cc2ccccc2F)c1=O.